The molecule has 0 saturated heterocycles. The van der Waals surface area contributed by atoms with Crippen molar-refractivity contribution >= 4 is 87.2 Å². The Morgan fingerprint density at radius 1 is 0.344 bits per heavy atom. The van der Waals surface area contributed by atoms with E-state index >= 15 is 0 Å². The van der Waals surface area contributed by atoms with E-state index in [-0.39, 0.29) is 0 Å². The number of hydrogen-bond acceptors (Lipinski definition) is 5. The van der Waals surface area contributed by atoms with Crippen molar-refractivity contribution in [3.63, 3.8) is 0 Å². The summed E-state index contributed by atoms with van der Waals surface area (Å²) in [5, 5.41) is 11.2. The molecule has 4 aromatic heterocycles. The lowest BCUT2D eigenvalue weighted by molar-refractivity contribution is 0.668. The molecule has 6 heteroatoms. The van der Waals surface area contributed by atoms with Gasteiger partial charge < -0.3 is 8.83 Å². The number of rotatable bonds is 4. The number of benzene rings is 9. The molecule has 0 amide bonds. The smallest absolute Gasteiger partial charge is 0.238 e. The second-order valence-corrected chi connectivity index (χ2v) is 15.1. The number of hydrogen-bond donors (Lipinski definition) is 0. The Hall–Kier alpha value is -8.09. The average Bonchev–Trinajstić information content (AvgIpc) is 4.02. The molecule has 0 aliphatic rings. The van der Waals surface area contributed by atoms with Gasteiger partial charge in [-0.05, 0) is 52.1 Å². The first-order chi connectivity index (χ1) is 30.3. The highest BCUT2D eigenvalue weighted by atomic mass is 16.3. The van der Waals surface area contributed by atoms with Crippen molar-refractivity contribution in [2.75, 3.05) is 0 Å². The normalized spacial score (nSPS) is 11.8. The molecule has 288 valence electrons. The lowest BCUT2D eigenvalue weighted by Crippen LogP contribution is -2.07. The molecule has 0 N–H and O–H groups in total. The quantitative estimate of drug-likeness (QED) is 0.166. The maximum absolute atomic E-state index is 6.45. The summed E-state index contributed by atoms with van der Waals surface area (Å²) in [4.78, 5) is 16.0. The highest BCUT2D eigenvalue weighted by Gasteiger charge is 2.25. The Kier molecular flexibility index (Phi) is 7.87. The molecule has 9 aromatic carbocycles. The summed E-state index contributed by atoms with van der Waals surface area (Å²) in [6.45, 7) is 4.00. The van der Waals surface area contributed by atoms with Gasteiger partial charge in [0.05, 0.1) is 11.0 Å². The molecule has 61 heavy (non-hydrogen) atoms. The summed E-state index contributed by atoms with van der Waals surface area (Å²) in [6, 6.07) is 63.2. The summed E-state index contributed by atoms with van der Waals surface area (Å²) in [6.07, 6.45) is 0. The third-order valence-corrected chi connectivity index (χ3v) is 11.8. The summed E-state index contributed by atoms with van der Waals surface area (Å²) < 4.78 is 15.1. The van der Waals surface area contributed by atoms with Crippen LogP contribution in [0.2, 0.25) is 0 Å². The lowest BCUT2D eigenvalue weighted by Gasteiger charge is -2.14. The van der Waals surface area contributed by atoms with Crippen molar-refractivity contribution in [3.8, 4) is 39.9 Å². The van der Waals surface area contributed by atoms with Gasteiger partial charge in [-0.2, -0.15) is 9.97 Å². The Labute approximate surface area is 350 Å². The third kappa shape index (κ3) is 5.25. The largest absolute Gasteiger partial charge is 0.456 e. The van der Waals surface area contributed by atoms with Crippen molar-refractivity contribution < 1.29 is 8.83 Å². The third-order valence-electron chi connectivity index (χ3n) is 11.8. The minimum Gasteiger partial charge on any atom is -0.456 e. The van der Waals surface area contributed by atoms with Crippen LogP contribution in [0, 0.1) is 0 Å². The zero-order valence-corrected chi connectivity index (χ0v) is 33.4. The van der Waals surface area contributed by atoms with E-state index in [1.165, 1.54) is 10.8 Å². The summed E-state index contributed by atoms with van der Waals surface area (Å²) >= 11 is 0. The Morgan fingerprint density at radius 2 is 0.885 bits per heavy atom. The van der Waals surface area contributed by atoms with Crippen LogP contribution in [0.3, 0.4) is 0 Å². The van der Waals surface area contributed by atoms with Gasteiger partial charge in [-0.15, -0.1) is 0 Å². The van der Waals surface area contributed by atoms with E-state index in [1.807, 2.05) is 68.4 Å². The van der Waals surface area contributed by atoms with Crippen LogP contribution in [0.1, 0.15) is 13.8 Å². The highest BCUT2D eigenvalue weighted by Crippen LogP contribution is 2.47. The van der Waals surface area contributed by atoms with Crippen LogP contribution in [0.5, 0.6) is 0 Å². The fourth-order valence-corrected chi connectivity index (χ4v) is 9.32. The van der Waals surface area contributed by atoms with Gasteiger partial charge in [0, 0.05) is 54.4 Å². The van der Waals surface area contributed by atoms with Gasteiger partial charge in [0.2, 0.25) is 5.95 Å². The van der Waals surface area contributed by atoms with Gasteiger partial charge >= 0.3 is 0 Å². The first kappa shape index (κ1) is 34.9. The molecule has 4 heterocycles. The Bertz CT molecular complexity index is 3860. The average molecular weight is 785 g/mol. The van der Waals surface area contributed by atoms with Crippen molar-refractivity contribution in [2.45, 2.75) is 13.8 Å². The van der Waals surface area contributed by atoms with Gasteiger partial charge in [-0.1, -0.05) is 166 Å². The van der Waals surface area contributed by atoms with Crippen LogP contribution in [0.25, 0.3) is 127 Å². The molecular weight excluding hydrogens is 749 g/mol. The van der Waals surface area contributed by atoms with Gasteiger partial charge in [0.1, 0.15) is 22.3 Å². The molecule has 0 fully saturated rings. The molecule has 0 spiro atoms. The molecule has 0 atom stereocenters. The van der Waals surface area contributed by atoms with Crippen LogP contribution in [-0.2, 0) is 0 Å². The highest BCUT2D eigenvalue weighted by molar-refractivity contribution is 6.33. The van der Waals surface area contributed by atoms with E-state index in [0.717, 1.165) is 98.7 Å². The predicted octanol–water partition coefficient (Wildman–Crippen LogP) is 15.1. The molecule has 0 unspecified atom stereocenters. The standard InChI is InChI=1S/C53H30N4O2.C2H6/c1-2-14-31(15-3-1)51-54-52(32-28-29-36-35-18-8-10-25-43(35)59-46(36)30-32)56-53(55-51)57-49-40(38-22-13-27-45-47(38)41-21-9-11-26-44(41)58-45)23-12-24-42(49)48-37-19-6-4-16-33(37)34-17-5-7-20-39(34)50(48)57;1-2/h1-30H;1-2H3. The minimum atomic E-state index is 0.524. The van der Waals surface area contributed by atoms with Crippen LogP contribution in [0.15, 0.2) is 191 Å². The molecular formula is C55H36N4O2. The molecule has 13 aromatic rings. The van der Waals surface area contributed by atoms with Crippen molar-refractivity contribution in [1.82, 2.24) is 19.5 Å². The summed E-state index contributed by atoms with van der Waals surface area (Å²) in [7, 11) is 0. The number of fused-ring (bicyclic) bond motifs is 14. The van der Waals surface area contributed by atoms with Crippen molar-refractivity contribution in [1.29, 1.82) is 0 Å². The number of aromatic nitrogens is 4. The maximum Gasteiger partial charge on any atom is 0.238 e. The lowest BCUT2D eigenvalue weighted by atomic mass is 9.95. The van der Waals surface area contributed by atoms with E-state index in [2.05, 4.69) is 132 Å². The van der Waals surface area contributed by atoms with E-state index < -0.39 is 0 Å². The van der Waals surface area contributed by atoms with E-state index in [9.17, 15) is 0 Å². The van der Waals surface area contributed by atoms with Crippen LogP contribution < -0.4 is 0 Å². The molecule has 0 radical (unpaired) electrons. The molecule has 6 nitrogen and oxygen atoms in total. The molecule has 13 rings (SSSR count). The van der Waals surface area contributed by atoms with Gasteiger partial charge in [0.15, 0.2) is 11.6 Å². The minimum absolute atomic E-state index is 0.524. The maximum atomic E-state index is 6.45. The summed E-state index contributed by atoms with van der Waals surface area (Å²) in [5.41, 5.74) is 9.23. The summed E-state index contributed by atoms with van der Waals surface area (Å²) in [5.74, 6) is 1.66. The Morgan fingerprint density at radius 3 is 1.67 bits per heavy atom. The first-order valence-electron chi connectivity index (χ1n) is 20.8. The SMILES string of the molecule is CC.c1ccc(-c2nc(-c3ccc4c(c3)oc3ccccc34)nc(-n3c4c(-c5cccc6oc7ccccc7c56)cccc4c4c5ccccc5c5ccccc5c43)n2)cc1. The number of furan rings is 2. The van der Waals surface area contributed by atoms with E-state index in [1.54, 1.807) is 0 Å². The molecule has 0 saturated carbocycles. The molecule has 0 aliphatic heterocycles. The fourth-order valence-electron chi connectivity index (χ4n) is 9.32. The zero-order chi connectivity index (χ0) is 40.6. The van der Waals surface area contributed by atoms with Crippen LogP contribution >= 0.6 is 0 Å². The zero-order valence-electron chi connectivity index (χ0n) is 33.4. The topological polar surface area (TPSA) is 69.9 Å². The number of para-hydroxylation sites is 3. The van der Waals surface area contributed by atoms with Gasteiger partial charge in [0.25, 0.3) is 0 Å². The molecule has 0 aliphatic carbocycles. The van der Waals surface area contributed by atoms with Crippen LogP contribution in [-0.4, -0.2) is 19.5 Å². The van der Waals surface area contributed by atoms with Crippen molar-refractivity contribution in [3.05, 3.63) is 182 Å². The second-order valence-electron chi connectivity index (χ2n) is 15.1. The van der Waals surface area contributed by atoms with E-state index in [4.69, 9.17) is 23.8 Å². The van der Waals surface area contributed by atoms with Crippen LogP contribution in [0.4, 0.5) is 0 Å². The van der Waals surface area contributed by atoms with E-state index in [0.29, 0.717) is 17.6 Å². The first-order valence-corrected chi connectivity index (χ1v) is 20.8. The monoisotopic (exact) mass is 784 g/mol. The Balaban J connectivity index is 0.00000197. The van der Waals surface area contributed by atoms with Crippen molar-refractivity contribution in [2.24, 2.45) is 0 Å². The molecule has 0 bridgehead atoms. The fraction of sp³-hybridized carbons (Fsp3) is 0.0364. The van der Waals surface area contributed by atoms with Gasteiger partial charge in [-0.25, -0.2) is 4.98 Å². The second kappa shape index (κ2) is 13.8. The predicted molar refractivity (Wildman–Crippen MR) is 251 cm³/mol. The van der Waals surface area contributed by atoms with Gasteiger partial charge in [-0.3, -0.25) is 4.57 Å². The number of nitrogens with zero attached hydrogens (tertiary/aromatic N) is 4.